The molecule has 2 aliphatic heterocycles. The maximum absolute atomic E-state index is 13.2. The molecule has 2 N–H and O–H groups in total. The number of hydrogen-bond acceptors (Lipinski definition) is 4. The highest BCUT2D eigenvalue weighted by atomic mass is 32.1. The molecule has 28 heavy (non-hydrogen) atoms. The van der Waals surface area contributed by atoms with Crippen molar-refractivity contribution in [3.8, 4) is 0 Å². The summed E-state index contributed by atoms with van der Waals surface area (Å²) in [4.78, 5) is 30.5. The summed E-state index contributed by atoms with van der Waals surface area (Å²) in [6.45, 7) is 2.87. The summed E-state index contributed by atoms with van der Waals surface area (Å²) >= 11 is 1.71. The monoisotopic (exact) mass is 401 g/mol. The molecule has 0 aromatic carbocycles. The Morgan fingerprint density at radius 1 is 1.07 bits per heavy atom. The summed E-state index contributed by atoms with van der Waals surface area (Å²) in [6.07, 6.45) is 10.6. The second-order valence-corrected chi connectivity index (χ2v) is 9.23. The van der Waals surface area contributed by atoms with Gasteiger partial charge in [0.2, 0.25) is 5.91 Å². The van der Waals surface area contributed by atoms with Crippen LogP contribution < -0.4 is 5.73 Å². The van der Waals surface area contributed by atoms with Crippen LogP contribution in [0.4, 0.5) is 0 Å². The van der Waals surface area contributed by atoms with Crippen molar-refractivity contribution in [2.24, 2.45) is 11.7 Å². The minimum atomic E-state index is 0.170. The van der Waals surface area contributed by atoms with Crippen LogP contribution in [0.15, 0.2) is 23.2 Å². The van der Waals surface area contributed by atoms with Crippen LogP contribution in [-0.2, 0) is 4.79 Å². The fraction of sp³-hybridized carbons (Fsp3) is 0.636. The Morgan fingerprint density at radius 3 is 2.64 bits per heavy atom. The van der Waals surface area contributed by atoms with E-state index in [9.17, 15) is 9.59 Å². The summed E-state index contributed by atoms with van der Waals surface area (Å²) in [6, 6.07) is 2.11. The fourth-order valence-electron chi connectivity index (χ4n) is 4.93. The second-order valence-electron chi connectivity index (χ2n) is 8.29. The Balaban J connectivity index is 1.40. The number of thiophene rings is 1. The van der Waals surface area contributed by atoms with Crippen molar-refractivity contribution in [1.29, 1.82) is 0 Å². The van der Waals surface area contributed by atoms with Gasteiger partial charge in [-0.2, -0.15) is 0 Å². The highest BCUT2D eigenvalue weighted by Crippen LogP contribution is 2.37. The molecule has 0 spiro atoms. The Hall–Kier alpha value is -1.66. The van der Waals surface area contributed by atoms with Crippen molar-refractivity contribution in [3.63, 3.8) is 0 Å². The van der Waals surface area contributed by atoms with E-state index in [0.29, 0.717) is 24.8 Å². The molecule has 6 heteroatoms. The van der Waals surface area contributed by atoms with Gasteiger partial charge in [-0.15, -0.1) is 11.3 Å². The van der Waals surface area contributed by atoms with Crippen LogP contribution >= 0.6 is 11.3 Å². The van der Waals surface area contributed by atoms with Crippen molar-refractivity contribution >= 4 is 23.2 Å². The minimum Gasteiger partial charge on any atom is -0.343 e. The molecule has 1 aliphatic carbocycles. The Kier molecular flexibility index (Phi) is 6.16. The summed E-state index contributed by atoms with van der Waals surface area (Å²) in [7, 11) is 0. The van der Waals surface area contributed by atoms with Gasteiger partial charge in [0.1, 0.15) is 0 Å². The zero-order valence-corrected chi connectivity index (χ0v) is 17.4. The largest absolute Gasteiger partial charge is 0.343 e. The lowest BCUT2D eigenvalue weighted by Gasteiger charge is -2.37. The van der Waals surface area contributed by atoms with Gasteiger partial charge in [-0.1, -0.05) is 6.08 Å². The molecule has 0 radical (unpaired) electrons. The summed E-state index contributed by atoms with van der Waals surface area (Å²) in [5.74, 6) is 1.38. The first-order chi connectivity index (χ1) is 13.7. The number of nitrogens with zero attached hydrogens (tertiary/aromatic N) is 2. The van der Waals surface area contributed by atoms with Gasteiger partial charge in [-0.3, -0.25) is 9.59 Å². The maximum atomic E-state index is 13.2. The molecule has 2 amide bonds. The van der Waals surface area contributed by atoms with Crippen molar-refractivity contribution < 1.29 is 9.59 Å². The van der Waals surface area contributed by atoms with Crippen LogP contribution in [0.2, 0.25) is 0 Å². The van der Waals surface area contributed by atoms with Crippen molar-refractivity contribution in [3.05, 3.63) is 33.7 Å². The number of nitrogens with two attached hydrogens (primary N) is 1. The van der Waals surface area contributed by atoms with E-state index in [0.717, 1.165) is 50.9 Å². The minimum absolute atomic E-state index is 0.170. The van der Waals surface area contributed by atoms with Crippen molar-refractivity contribution in [2.75, 3.05) is 26.2 Å². The SMILES string of the molecule is NCCC(=O)N1CCC(c2cc(C(=O)N3CCCC4CCCC=C43)cs2)CC1. The Morgan fingerprint density at radius 2 is 1.86 bits per heavy atom. The molecule has 1 atom stereocenters. The van der Waals surface area contributed by atoms with Gasteiger partial charge < -0.3 is 15.5 Å². The highest BCUT2D eigenvalue weighted by molar-refractivity contribution is 7.10. The number of piperidine rings is 2. The second kappa shape index (κ2) is 8.78. The topological polar surface area (TPSA) is 66.6 Å². The molecule has 0 bridgehead atoms. The average Bonchev–Trinajstić information content (AvgIpc) is 3.23. The van der Waals surface area contributed by atoms with E-state index < -0.39 is 0 Å². The molecule has 1 aromatic rings. The molecule has 5 nitrogen and oxygen atoms in total. The lowest BCUT2D eigenvalue weighted by Crippen LogP contribution is -2.39. The van der Waals surface area contributed by atoms with Gasteiger partial charge >= 0.3 is 0 Å². The zero-order valence-electron chi connectivity index (χ0n) is 16.6. The third-order valence-electron chi connectivity index (χ3n) is 6.49. The van der Waals surface area contributed by atoms with E-state index in [1.165, 1.54) is 29.8 Å². The van der Waals surface area contributed by atoms with Crippen LogP contribution in [0, 0.1) is 5.92 Å². The molecule has 0 saturated carbocycles. The van der Waals surface area contributed by atoms with Gasteiger partial charge in [0.05, 0.1) is 5.56 Å². The Bertz CT molecular complexity index is 749. The van der Waals surface area contributed by atoms with Crippen LogP contribution in [-0.4, -0.2) is 47.8 Å². The highest BCUT2D eigenvalue weighted by Gasteiger charge is 2.32. The van der Waals surface area contributed by atoms with E-state index >= 15 is 0 Å². The lowest BCUT2D eigenvalue weighted by atomic mass is 9.84. The lowest BCUT2D eigenvalue weighted by molar-refractivity contribution is -0.132. The molecule has 3 heterocycles. The summed E-state index contributed by atoms with van der Waals surface area (Å²) in [5, 5.41) is 2.04. The third-order valence-corrected chi connectivity index (χ3v) is 7.59. The first-order valence-corrected chi connectivity index (χ1v) is 11.6. The first-order valence-electron chi connectivity index (χ1n) is 10.8. The molecule has 4 rings (SSSR count). The van der Waals surface area contributed by atoms with Crippen LogP contribution in [0.25, 0.3) is 0 Å². The number of carbonyl (C=O) groups is 2. The van der Waals surface area contributed by atoms with Gasteiger partial charge in [0, 0.05) is 48.6 Å². The van der Waals surface area contributed by atoms with E-state index in [2.05, 4.69) is 12.1 Å². The van der Waals surface area contributed by atoms with E-state index in [1.54, 1.807) is 11.3 Å². The smallest absolute Gasteiger partial charge is 0.258 e. The van der Waals surface area contributed by atoms with Crippen molar-refractivity contribution in [1.82, 2.24) is 9.80 Å². The average molecular weight is 402 g/mol. The number of fused-ring (bicyclic) bond motifs is 1. The van der Waals surface area contributed by atoms with Crippen LogP contribution in [0.1, 0.15) is 72.5 Å². The number of hydrogen-bond donors (Lipinski definition) is 1. The Labute approximate surface area is 171 Å². The molecule has 152 valence electrons. The zero-order chi connectivity index (χ0) is 19.5. The molecule has 1 aromatic heterocycles. The number of amides is 2. The summed E-state index contributed by atoms with van der Waals surface area (Å²) < 4.78 is 0. The normalized spacial score (nSPS) is 23.3. The van der Waals surface area contributed by atoms with Gasteiger partial charge in [-0.05, 0) is 62.8 Å². The molecular weight excluding hydrogens is 370 g/mol. The van der Waals surface area contributed by atoms with Crippen LogP contribution in [0.5, 0.6) is 0 Å². The molecule has 2 saturated heterocycles. The molecule has 3 aliphatic rings. The predicted octanol–water partition coefficient (Wildman–Crippen LogP) is 3.72. The molecule has 2 fully saturated rings. The quantitative estimate of drug-likeness (QED) is 0.836. The number of carbonyl (C=O) groups excluding carboxylic acids is 2. The van der Waals surface area contributed by atoms with Crippen LogP contribution in [0.3, 0.4) is 0 Å². The summed E-state index contributed by atoms with van der Waals surface area (Å²) in [5.41, 5.74) is 7.62. The third kappa shape index (κ3) is 4.03. The van der Waals surface area contributed by atoms with E-state index in [4.69, 9.17) is 5.73 Å². The van der Waals surface area contributed by atoms with E-state index in [1.807, 2.05) is 15.2 Å². The number of rotatable bonds is 4. The van der Waals surface area contributed by atoms with Gasteiger partial charge in [0.25, 0.3) is 5.91 Å². The first kappa shape index (κ1) is 19.6. The molecular formula is C22H31N3O2S. The fourth-order valence-corrected chi connectivity index (χ4v) is 5.98. The van der Waals surface area contributed by atoms with Gasteiger partial charge in [0.15, 0.2) is 0 Å². The molecule has 1 unspecified atom stereocenters. The number of likely N-dealkylation sites (tertiary alicyclic amines) is 2. The van der Waals surface area contributed by atoms with E-state index in [-0.39, 0.29) is 11.8 Å². The number of allylic oxidation sites excluding steroid dienone is 2. The van der Waals surface area contributed by atoms with Crippen molar-refractivity contribution in [2.45, 2.75) is 57.3 Å². The van der Waals surface area contributed by atoms with Gasteiger partial charge in [-0.25, -0.2) is 0 Å². The standard InChI is InChI=1S/C22H31N3O2S/c23-10-7-21(26)24-12-8-17(9-13-24)20-14-18(15-28-20)22(27)25-11-3-5-16-4-1-2-6-19(16)25/h6,14-17H,1-5,7-13,23H2. The maximum Gasteiger partial charge on any atom is 0.258 e. The predicted molar refractivity (Wildman–Crippen MR) is 112 cm³/mol.